The summed E-state index contributed by atoms with van der Waals surface area (Å²) in [7, 11) is 0. The Morgan fingerprint density at radius 1 is 1.45 bits per heavy atom. The van der Waals surface area contributed by atoms with Crippen molar-refractivity contribution in [2.75, 3.05) is 6.54 Å². The van der Waals surface area contributed by atoms with Crippen LogP contribution in [0.4, 0.5) is 0 Å². The van der Waals surface area contributed by atoms with Crippen LogP contribution in [-0.2, 0) is 4.79 Å². The van der Waals surface area contributed by atoms with Gasteiger partial charge in [-0.2, -0.15) is 0 Å². The standard InChI is InChI=1S/C8H7NOS/c10-7-2-1-6-3-4-9-11-8(6)5-7/h1-3,5,9H,4H2. The zero-order chi connectivity index (χ0) is 7.68. The van der Waals surface area contributed by atoms with E-state index < -0.39 is 0 Å². The zero-order valence-electron chi connectivity index (χ0n) is 5.83. The molecule has 0 saturated heterocycles. The largest absolute Gasteiger partial charge is 0.290 e. The first-order valence-electron chi connectivity index (χ1n) is 3.40. The molecule has 1 heterocycles. The molecule has 1 aliphatic heterocycles. The van der Waals surface area contributed by atoms with Crippen LogP contribution in [0.15, 0.2) is 34.8 Å². The number of hydrogen-bond acceptors (Lipinski definition) is 3. The monoisotopic (exact) mass is 165 g/mol. The summed E-state index contributed by atoms with van der Waals surface area (Å²) in [6.07, 6.45) is 7.20. The molecule has 0 atom stereocenters. The first-order chi connectivity index (χ1) is 5.36. The van der Waals surface area contributed by atoms with Gasteiger partial charge in [0.15, 0.2) is 5.78 Å². The molecule has 2 rings (SSSR count). The molecule has 2 aliphatic rings. The van der Waals surface area contributed by atoms with Gasteiger partial charge in [0.05, 0.1) is 0 Å². The van der Waals surface area contributed by atoms with Crippen molar-refractivity contribution < 1.29 is 4.79 Å². The van der Waals surface area contributed by atoms with Gasteiger partial charge in [-0.25, -0.2) is 0 Å². The van der Waals surface area contributed by atoms with E-state index in [1.807, 2.05) is 6.08 Å². The van der Waals surface area contributed by atoms with Gasteiger partial charge in [-0.3, -0.25) is 9.52 Å². The van der Waals surface area contributed by atoms with Crippen molar-refractivity contribution in [1.29, 1.82) is 0 Å². The van der Waals surface area contributed by atoms with E-state index in [1.54, 1.807) is 12.2 Å². The molecule has 11 heavy (non-hydrogen) atoms. The van der Waals surface area contributed by atoms with Gasteiger partial charge in [0.25, 0.3) is 0 Å². The highest BCUT2D eigenvalue weighted by Crippen LogP contribution is 2.27. The lowest BCUT2D eigenvalue weighted by Crippen LogP contribution is -2.12. The molecule has 2 nitrogen and oxygen atoms in total. The summed E-state index contributed by atoms with van der Waals surface area (Å²) in [6, 6.07) is 0. The third kappa shape index (κ3) is 1.29. The topological polar surface area (TPSA) is 29.1 Å². The quantitative estimate of drug-likeness (QED) is 0.547. The predicted octanol–water partition coefficient (Wildman–Crippen LogP) is 1.19. The van der Waals surface area contributed by atoms with E-state index >= 15 is 0 Å². The van der Waals surface area contributed by atoms with Crippen molar-refractivity contribution in [1.82, 2.24) is 4.72 Å². The maximum absolute atomic E-state index is 10.9. The molecule has 0 radical (unpaired) electrons. The maximum Gasteiger partial charge on any atom is 0.179 e. The van der Waals surface area contributed by atoms with Gasteiger partial charge >= 0.3 is 0 Å². The van der Waals surface area contributed by atoms with E-state index in [2.05, 4.69) is 10.8 Å². The van der Waals surface area contributed by atoms with Crippen LogP contribution in [0, 0.1) is 0 Å². The molecule has 0 fully saturated rings. The Labute approximate surface area is 69.2 Å². The van der Waals surface area contributed by atoms with Crippen molar-refractivity contribution in [3.05, 3.63) is 34.8 Å². The maximum atomic E-state index is 10.9. The van der Waals surface area contributed by atoms with Gasteiger partial charge in [-0.15, -0.1) is 0 Å². The summed E-state index contributed by atoms with van der Waals surface area (Å²) in [5, 5.41) is 0. The molecule has 56 valence electrons. The van der Waals surface area contributed by atoms with Crippen LogP contribution in [0.2, 0.25) is 0 Å². The summed E-state index contributed by atoms with van der Waals surface area (Å²) >= 11 is 1.52. The van der Waals surface area contributed by atoms with Gasteiger partial charge in [-0.05, 0) is 23.6 Å². The number of carbonyl (C=O) groups is 1. The lowest BCUT2D eigenvalue weighted by molar-refractivity contribution is -0.110. The number of carbonyl (C=O) groups excluding carboxylic acids is 1. The summed E-state index contributed by atoms with van der Waals surface area (Å²) in [4.78, 5) is 11.9. The van der Waals surface area contributed by atoms with Crippen LogP contribution in [0.25, 0.3) is 0 Å². The smallest absolute Gasteiger partial charge is 0.179 e. The number of rotatable bonds is 0. The molecule has 0 aromatic carbocycles. The Balaban J connectivity index is 2.38. The summed E-state index contributed by atoms with van der Waals surface area (Å²) < 4.78 is 3.09. The molecule has 0 bridgehead atoms. The van der Waals surface area contributed by atoms with Crippen molar-refractivity contribution in [2.45, 2.75) is 0 Å². The number of allylic oxidation sites excluding steroid dienone is 4. The average Bonchev–Trinajstić information content (AvgIpc) is 2.04. The number of fused-ring (bicyclic) bond motifs is 1. The fraction of sp³-hybridized carbons (Fsp3) is 0.125. The SMILES string of the molecule is O=C1C=CC2=CCNSC2=C1. The summed E-state index contributed by atoms with van der Waals surface area (Å²) in [5.74, 6) is 0.0772. The third-order valence-corrected chi connectivity index (χ3v) is 2.46. The van der Waals surface area contributed by atoms with Gasteiger partial charge in [-0.1, -0.05) is 12.2 Å². The molecule has 0 amide bonds. The minimum Gasteiger partial charge on any atom is -0.290 e. The highest BCUT2D eigenvalue weighted by Gasteiger charge is 2.12. The first-order valence-corrected chi connectivity index (χ1v) is 4.22. The normalized spacial score (nSPS) is 22.4. The lowest BCUT2D eigenvalue weighted by atomic mass is 10.1. The van der Waals surface area contributed by atoms with Crippen LogP contribution in [-0.4, -0.2) is 12.3 Å². The summed E-state index contributed by atoms with van der Waals surface area (Å²) in [6.45, 7) is 0.871. The first kappa shape index (κ1) is 6.88. The van der Waals surface area contributed by atoms with Crippen molar-refractivity contribution in [2.24, 2.45) is 0 Å². The van der Waals surface area contributed by atoms with E-state index in [1.165, 1.54) is 11.9 Å². The Bertz CT molecular complexity index is 288. The van der Waals surface area contributed by atoms with Crippen LogP contribution in [0.1, 0.15) is 0 Å². The Kier molecular flexibility index (Phi) is 1.68. The second kappa shape index (κ2) is 2.68. The molecule has 0 aromatic rings. The van der Waals surface area contributed by atoms with E-state index in [0.717, 1.165) is 17.0 Å². The van der Waals surface area contributed by atoms with E-state index in [0.29, 0.717) is 0 Å². The average molecular weight is 165 g/mol. The molecule has 0 unspecified atom stereocenters. The Morgan fingerprint density at radius 2 is 2.36 bits per heavy atom. The molecule has 0 spiro atoms. The lowest BCUT2D eigenvalue weighted by Gasteiger charge is -2.15. The number of ketones is 1. The highest BCUT2D eigenvalue weighted by molar-refractivity contribution is 8.01. The Hall–Kier alpha value is -0.800. The van der Waals surface area contributed by atoms with Crippen LogP contribution < -0.4 is 4.72 Å². The predicted molar refractivity (Wildman–Crippen MR) is 45.9 cm³/mol. The fourth-order valence-electron chi connectivity index (χ4n) is 1.04. The minimum atomic E-state index is 0.0772. The van der Waals surface area contributed by atoms with Crippen molar-refractivity contribution in [3.63, 3.8) is 0 Å². The Morgan fingerprint density at radius 3 is 3.27 bits per heavy atom. The van der Waals surface area contributed by atoms with Crippen molar-refractivity contribution in [3.8, 4) is 0 Å². The van der Waals surface area contributed by atoms with Gasteiger partial charge in [0.2, 0.25) is 0 Å². The molecule has 3 heteroatoms. The highest BCUT2D eigenvalue weighted by atomic mass is 32.2. The molecular weight excluding hydrogens is 158 g/mol. The molecular formula is C8H7NOS. The van der Waals surface area contributed by atoms with Gasteiger partial charge in [0.1, 0.15) is 0 Å². The van der Waals surface area contributed by atoms with E-state index in [-0.39, 0.29) is 5.78 Å². The molecule has 0 aromatic heterocycles. The minimum absolute atomic E-state index is 0.0772. The van der Waals surface area contributed by atoms with Gasteiger partial charge < -0.3 is 0 Å². The number of hydrogen-bond donors (Lipinski definition) is 1. The zero-order valence-corrected chi connectivity index (χ0v) is 6.65. The third-order valence-electron chi connectivity index (χ3n) is 1.57. The number of nitrogens with one attached hydrogen (secondary N) is 1. The van der Waals surface area contributed by atoms with Crippen LogP contribution >= 0.6 is 11.9 Å². The molecule has 0 saturated carbocycles. The second-order valence-electron chi connectivity index (χ2n) is 2.35. The molecule has 1 aliphatic carbocycles. The summed E-state index contributed by atoms with van der Waals surface area (Å²) in [5.41, 5.74) is 1.16. The van der Waals surface area contributed by atoms with Gasteiger partial charge in [0, 0.05) is 17.5 Å². The van der Waals surface area contributed by atoms with Crippen molar-refractivity contribution >= 4 is 17.7 Å². The fourth-order valence-corrected chi connectivity index (χ4v) is 1.81. The van der Waals surface area contributed by atoms with E-state index in [9.17, 15) is 4.79 Å². The van der Waals surface area contributed by atoms with E-state index in [4.69, 9.17) is 0 Å². The van der Waals surface area contributed by atoms with Crippen LogP contribution in [0.3, 0.4) is 0 Å². The van der Waals surface area contributed by atoms with Crippen LogP contribution in [0.5, 0.6) is 0 Å². The second-order valence-corrected chi connectivity index (χ2v) is 3.29. The molecule has 1 N–H and O–H groups in total.